The van der Waals surface area contributed by atoms with Crippen LogP contribution < -0.4 is 5.32 Å². The Balaban J connectivity index is 2.38. The molecule has 0 spiro atoms. The smallest absolute Gasteiger partial charge is 0.0587 e. The van der Waals surface area contributed by atoms with Crippen molar-refractivity contribution in [1.82, 2.24) is 5.32 Å². The fourth-order valence-electron chi connectivity index (χ4n) is 1.71. The summed E-state index contributed by atoms with van der Waals surface area (Å²) >= 11 is 1.91. The van der Waals surface area contributed by atoms with Gasteiger partial charge in [0.25, 0.3) is 0 Å². The quantitative estimate of drug-likeness (QED) is 0.528. The lowest BCUT2D eigenvalue weighted by molar-refractivity contribution is 0.195. The number of nitrogens with one attached hydrogen (secondary N) is 1. The van der Waals surface area contributed by atoms with Crippen LogP contribution in [0.1, 0.15) is 18.9 Å². The highest BCUT2D eigenvalue weighted by atomic mass is 32.2. The maximum atomic E-state index is 5.11. The summed E-state index contributed by atoms with van der Waals surface area (Å²) in [6, 6.07) is 8.71. The summed E-state index contributed by atoms with van der Waals surface area (Å²) in [6.07, 6.45) is 1.08. The number of thioether (sulfide) groups is 1. The molecular formula is C15H25NO2S. The molecule has 0 saturated carbocycles. The van der Waals surface area contributed by atoms with Crippen LogP contribution in [0.25, 0.3) is 0 Å². The second-order valence-corrected chi connectivity index (χ2v) is 6.04. The minimum Gasteiger partial charge on any atom is -0.385 e. The van der Waals surface area contributed by atoms with Crippen LogP contribution in [-0.2, 0) is 16.0 Å². The Bertz CT molecular complexity index is 347. The molecule has 0 aliphatic carbocycles. The third-order valence-electron chi connectivity index (χ3n) is 2.78. The van der Waals surface area contributed by atoms with Gasteiger partial charge in [0.15, 0.2) is 0 Å². The Morgan fingerprint density at radius 1 is 1.21 bits per heavy atom. The van der Waals surface area contributed by atoms with E-state index in [2.05, 4.69) is 36.5 Å². The van der Waals surface area contributed by atoms with Gasteiger partial charge in [0.2, 0.25) is 0 Å². The molecule has 0 aliphatic rings. The molecule has 0 aliphatic heterocycles. The van der Waals surface area contributed by atoms with Gasteiger partial charge in [-0.05, 0) is 24.1 Å². The molecule has 1 rings (SSSR count). The third-order valence-corrected chi connectivity index (χ3v) is 3.94. The van der Waals surface area contributed by atoms with Gasteiger partial charge in [0.05, 0.1) is 6.61 Å². The Hall–Kier alpha value is -0.550. The molecule has 1 N–H and O–H groups in total. The van der Waals surface area contributed by atoms with Crippen LogP contribution in [0.3, 0.4) is 0 Å². The zero-order valence-electron chi connectivity index (χ0n) is 12.1. The molecule has 1 unspecified atom stereocenters. The summed E-state index contributed by atoms with van der Waals surface area (Å²) < 4.78 is 10.1. The zero-order valence-corrected chi connectivity index (χ0v) is 13.0. The van der Waals surface area contributed by atoms with E-state index in [1.54, 1.807) is 14.2 Å². The third kappa shape index (κ3) is 7.57. The average molecular weight is 283 g/mol. The summed E-state index contributed by atoms with van der Waals surface area (Å²) in [5.41, 5.74) is 1.32. The molecule has 0 radical (unpaired) electrons. The van der Waals surface area contributed by atoms with E-state index in [0.717, 1.165) is 32.7 Å². The molecule has 0 heterocycles. The van der Waals surface area contributed by atoms with Crippen molar-refractivity contribution in [1.29, 1.82) is 0 Å². The average Bonchev–Trinajstić information content (AvgIpc) is 2.42. The van der Waals surface area contributed by atoms with Gasteiger partial charge in [-0.25, -0.2) is 0 Å². The molecule has 0 fully saturated rings. The Labute approximate surface area is 121 Å². The van der Waals surface area contributed by atoms with Crippen molar-refractivity contribution in [3.63, 3.8) is 0 Å². The van der Waals surface area contributed by atoms with E-state index in [1.807, 2.05) is 11.8 Å². The molecule has 1 aromatic carbocycles. The predicted molar refractivity (Wildman–Crippen MR) is 81.8 cm³/mol. The predicted octanol–water partition coefficient (Wildman–Crippen LogP) is 2.94. The Morgan fingerprint density at radius 2 is 2.00 bits per heavy atom. The second-order valence-electron chi connectivity index (χ2n) is 4.53. The number of methoxy groups -OCH3 is 2. The second kappa shape index (κ2) is 10.3. The monoisotopic (exact) mass is 283 g/mol. The lowest BCUT2D eigenvalue weighted by atomic mass is 10.2. The highest BCUT2D eigenvalue weighted by Crippen LogP contribution is 2.25. The van der Waals surface area contributed by atoms with Crippen LogP contribution in [0.15, 0.2) is 29.2 Å². The van der Waals surface area contributed by atoms with E-state index in [0.29, 0.717) is 5.25 Å². The Morgan fingerprint density at radius 3 is 2.74 bits per heavy atom. The first kappa shape index (κ1) is 16.5. The van der Waals surface area contributed by atoms with Crippen LogP contribution >= 0.6 is 11.8 Å². The summed E-state index contributed by atoms with van der Waals surface area (Å²) in [5.74, 6) is 0. The molecule has 0 bridgehead atoms. The highest BCUT2D eigenvalue weighted by molar-refractivity contribution is 7.99. The molecule has 19 heavy (non-hydrogen) atoms. The van der Waals surface area contributed by atoms with Crippen molar-refractivity contribution in [3.05, 3.63) is 29.8 Å². The van der Waals surface area contributed by atoms with Crippen molar-refractivity contribution in [3.8, 4) is 0 Å². The highest BCUT2D eigenvalue weighted by Gasteiger charge is 2.04. The van der Waals surface area contributed by atoms with E-state index in [-0.39, 0.29) is 0 Å². The number of hydrogen-bond acceptors (Lipinski definition) is 4. The molecule has 0 aromatic heterocycles. The fraction of sp³-hybridized carbons (Fsp3) is 0.600. The molecule has 1 atom stereocenters. The zero-order chi connectivity index (χ0) is 13.9. The largest absolute Gasteiger partial charge is 0.385 e. The van der Waals surface area contributed by atoms with E-state index in [9.17, 15) is 0 Å². The van der Waals surface area contributed by atoms with Gasteiger partial charge < -0.3 is 14.8 Å². The topological polar surface area (TPSA) is 30.5 Å². The van der Waals surface area contributed by atoms with E-state index >= 15 is 0 Å². The van der Waals surface area contributed by atoms with Crippen molar-refractivity contribution >= 4 is 11.8 Å². The van der Waals surface area contributed by atoms with E-state index in [4.69, 9.17) is 9.47 Å². The maximum Gasteiger partial charge on any atom is 0.0587 e. The number of hydrogen-bond donors (Lipinski definition) is 1. The number of rotatable bonds is 10. The number of benzene rings is 1. The summed E-state index contributed by atoms with van der Waals surface area (Å²) in [7, 11) is 3.48. The van der Waals surface area contributed by atoms with Gasteiger partial charge in [-0.1, -0.05) is 19.1 Å². The van der Waals surface area contributed by atoms with Gasteiger partial charge in [-0.2, -0.15) is 0 Å². The fourth-order valence-corrected chi connectivity index (χ4v) is 2.77. The SMILES string of the molecule is COCCNCc1cccc(SC(C)CCOC)c1. The first-order valence-corrected chi connectivity index (χ1v) is 7.58. The van der Waals surface area contributed by atoms with Gasteiger partial charge in [0.1, 0.15) is 0 Å². The van der Waals surface area contributed by atoms with Gasteiger partial charge in [0, 0.05) is 44.1 Å². The molecule has 1 aromatic rings. The van der Waals surface area contributed by atoms with Crippen molar-refractivity contribution in [2.45, 2.75) is 30.0 Å². The molecule has 4 heteroatoms. The molecular weight excluding hydrogens is 258 g/mol. The van der Waals surface area contributed by atoms with Gasteiger partial charge in [-0.15, -0.1) is 11.8 Å². The van der Waals surface area contributed by atoms with Crippen molar-refractivity contribution in [2.75, 3.05) is 34.0 Å². The lowest BCUT2D eigenvalue weighted by Crippen LogP contribution is -2.18. The first-order valence-electron chi connectivity index (χ1n) is 6.70. The molecule has 108 valence electrons. The van der Waals surface area contributed by atoms with E-state index < -0.39 is 0 Å². The van der Waals surface area contributed by atoms with Crippen molar-refractivity contribution in [2.24, 2.45) is 0 Å². The summed E-state index contributed by atoms with van der Waals surface area (Å²) in [5, 5.41) is 3.94. The minimum absolute atomic E-state index is 0.580. The van der Waals surface area contributed by atoms with E-state index in [1.165, 1.54) is 10.5 Å². The minimum atomic E-state index is 0.580. The lowest BCUT2D eigenvalue weighted by Gasteiger charge is -2.11. The number of ether oxygens (including phenoxy) is 2. The van der Waals surface area contributed by atoms with Crippen LogP contribution in [0.4, 0.5) is 0 Å². The molecule has 0 amide bonds. The Kier molecular flexibility index (Phi) is 8.91. The van der Waals surface area contributed by atoms with Crippen LogP contribution in [0.5, 0.6) is 0 Å². The first-order chi connectivity index (χ1) is 9.26. The standard InChI is InChI=1S/C15H25NO2S/c1-13(7-9-17-2)19-15-6-4-5-14(11-15)12-16-8-10-18-3/h4-6,11,13,16H,7-10,12H2,1-3H3. The van der Waals surface area contributed by atoms with Crippen LogP contribution in [-0.4, -0.2) is 39.2 Å². The molecule has 0 saturated heterocycles. The van der Waals surface area contributed by atoms with Gasteiger partial charge >= 0.3 is 0 Å². The maximum absolute atomic E-state index is 5.11. The van der Waals surface area contributed by atoms with Crippen LogP contribution in [0.2, 0.25) is 0 Å². The van der Waals surface area contributed by atoms with Crippen molar-refractivity contribution < 1.29 is 9.47 Å². The summed E-state index contributed by atoms with van der Waals surface area (Å²) in [4.78, 5) is 1.33. The normalized spacial score (nSPS) is 12.6. The summed E-state index contributed by atoms with van der Waals surface area (Å²) in [6.45, 7) is 5.60. The van der Waals surface area contributed by atoms with Crippen LogP contribution in [0, 0.1) is 0 Å². The van der Waals surface area contributed by atoms with Gasteiger partial charge in [-0.3, -0.25) is 0 Å². The molecule has 3 nitrogen and oxygen atoms in total.